The van der Waals surface area contributed by atoms with Crippen molar-refractivity contribution in [1.29, 1.82) is 0 Å². The second-order valence-corrected chi connectivity index (χ2v) is 6.09. The standard InChI is InChI=1S/C17H25ClN2O/c1-4-8-21-9-7-20-12-14(11-19-13(2)3)16-6-5-15(18)10-17(16)20/h5-6,10,12-13,19H,4,7-9,11H2,1-3H3. The SMILES string of the molecule is CCCOCCn1cc(CNC(C)C)c2ccc(Cl)cc21. The Morgan fingerprint density at radius 1 is 1.29 bits per heavy atom. The number of fused-ring (bicyclic) bond motifs is 1. The summed E-state index contributed by atoms with van der Waals surface area (Å²) in [5.41, 5.74) is 2.49. The number of benzene rings is 1. The number of nitrogens with zero attached hydrogens (tertiary/aromatic N) is 1. The van der Waals surface area contributed by atoms with Gasteiger partial charge in [-0.15, -0.1) is 0 Å². The van der Waals surface area contributed by atoms with E-state index in [0.29, 0.717) is 6.04 Å². The largest absolute Gasteiger partial charge is 0.380 e. The summed E-state index contributed by atoms with van der Waals surface area (Å²) >= 11 is 6.15. The molecule has 21 heavy (non-hydrogen) atoms. The van der Waals surface area contributed by atoms with Gasteiger partial charge in [-0.25, -0.2) is 0 Å². The van der Waals surface area contributed by atoms with E-state index in [1.807, 2.05) is 12.1 Å². The van der Waals surface area contributed by atoms with Crippen molar-refractivity contribution >= 4 is 22.5 Å². The van der Waals surface area contributed by atoms with Gasteiger partial charge in [-0.2, -0.15) is 0 Å². The van der Waals surface area contributed by atoms with Crippen LogP contribution < -0.4 is 5.32 Å². The van der Waals surface area contributed by atoms with Gasteiger partial charge < -0.3 is 14.6 Å². The molecule has 0 unspecified atom stereocenters. The van der Waals surface area contributed by atoms with Crippen LogP contribution in [0.1, 0.15) is 32.8 Å². The second-order valence-electron chi connectivity index (χ2n) is 5.66. The lowest BCUT2D eigenvalue weighted by atomic mass is 10.1. The molecule has 2 aromatic rings. The lowest BCUT2D eigenvalue weighted by molar-refractivity contribution is 0.127. The minimum atomic E-state index is 0.476. The summed E-state index contributed by atoms with van der Waals surface area (Å²) in [6.07, 6.45) is 3.27. The van der Waals surface area contributed by atoms with Crippen molar-refractivity contribution in [2.24, 2.45) is 0 Å². The Morgan fingerprint density at radius 3 is 2.81 bits per heavy atom. The van der Waals surface area contributed by atoms with E-state index < -0.39 is 0 Å². The zero-order chi connectivity index (χ0) is 15.2. The predicted molar refractivity (Wildman–Crippen MR) is 90.0 cm³/mol. The molecule has 0 saturated carbocycles. The second kappa shape index (κ2) is 7.83. The Morgan fingerprint density at radius 2 is 2.10 bits per heavy atom. The lowest BCUT2D eigenvalue weighted by Crippen LogP contribution is -2.21. The molecule has 0 atom stereocenters. The molecule has 1 N–H and O–H groups in total. The van der Waals surface area contributed by atoms with Crippen LogP contribution in [0.2, 0.25) is 5.02 Å². The topological polar surface area (TPSA) is 26.2 Å². The number of halogens is 1. The molecule has 4 heteroatoms. The van der Waals surface area contributed by atoms with E-state index in [4.69, 9.17) is 16.3 Å². The van der Waals surface area contributed by atoms with Crippen LogP contribution in [-0.2, 0) is 17.8 Å². The van der Waals surface area contributed by atoms with Gasteiger partial charge in [-0.3, -0.25) is 0 Å². The molecule has 0 fully saturated rings. The van der Waals surface area contributed by atoms with Gasteiger partial charge in [-0.05, 0) is 24.1 Å². The molecule has 0 saturated heterocycles. The molecule has 0 aliphatic heterocycles. The summed E-state index contributed by atoms with van der Waals surface area (Å²) in [5.74, 6) is 0. The Labute approximate surface area is 132 Å². The number of hydrogen-bond donors (Lipinski definition) is 1. The first kappa shape index (κ1) is 16.3. The third-order valence-corrected chi connectivity index (χ3v) is 3.69. The highest BCUT2D eigenvalue weighted by Crippen LogP contribution is 2.25. The number of aromatic nitrogens is 1. The molecule has 2 rings (SSSR count). The number of hydrogen-bond acceptors (Lipinski definition) is 2. The van der Waals surface area contributed by atoms with Crippen LogP contribution in [0.15, 0.2) is 24.4 Å². The van der Waals surface area contributed by atoms with E-state index in [1.54, 1.807) is 0 Å². The van der Waals surface area contributed by atoms with Gasteiger partial charge in [0, 0.05) is 47.9 Å². The monoisotopic (exact) mass is 308 g/mol. The van der Waals surface area contributed by atoms with E-state index in [2.05, 4.69) is 42.9 Å². The zero-order valence-electron chi connectivity index (χ0n) is 13.2. The smallest absolute Gasteiger partial charge is 0.0645 e. The van der Waals surface area contributed by atoms with Crippen molar-refractivity contribution in [1.82, 2.24) is 9.88 Å². The van der Waals surface area contributed by atoms with Gasteiger partial charge in [0.2, 0.25) is 0 Å². The lowest BCUT2D eigenvalue weighted by Gasteiger charge is -2.06. The maximum absolute atomic E-state index is 6.15. The molecule has 1 aromatic heterocycles. The molecule has 116 valence electrons. The minimum absolute atomic E-state index is 0.476. The van der Waals surface area contributed by atoms with E-state index in [1.165, 1.54) is 16.5 Å². The fourth-order valence-electron chi connectivity index (χ4n) is 2.39. The van der Waals surface area contributed by atoms with E-state index in [-0.39, 0.29) is 0 Å². The molecular weight excluding hydrogens is 284 g/mol. The third kappa shape index (κ3) is 4.47. The van der Waals surface area contributed by atoms with E-state index >= 15 is 0 Å². The number of rotatable bonds is 8. The van der Waals surface area contributed by atoms with Crippen molar-refractivity contribution in [2.75, 3.05) is 13.2 Å². The first-order valence-corrected chi connectivity index (χ1v) is 8.08. The average molecular weight is 309 g/mol. The molecule has 0 amide bonds. The highest BCUT2D eigenvalue weighted by atomic mass is 35.5. The number of nitrogens with one attached hydrogen (secondary N) is 1. The van der Waals surface area contributed by atoms with Crippen LogP contribution in [-0.4, -0.2) is 23.8 Å². The molecule has 1 heterocycles. The maximum Gasteiger partial charge on any atom is 0.0645 e. The van der Waals surface area contributed by atoms with Gasteiger partial charge in [0.25, 0.3) is 0 Å². The predicted octanol–water partition coefficient (Wildman–Crippen LogP) is 4.22. The molecule has 0 aliphatic carbocycles. The van der Waals surface area contributed by atoms with Crippen molar-refractivity contribution < 1.29 is 4.74 Å². The van der Waals surface area contributed by atoms with E-state index in [9.17, 15) is 0 Å². The van der Waals surface area contributed by atoms with Gasteiger partial charge in [0.1, 0.15) is 0 Å². The summed E-state index contributed by atoms with van der Waals surface area (Å²) < 4.78 is 7.85. The normalized spacial score (nSPS) is 11.7. The van der Waals surface area contributed by atoms with Crippen LogP contribution in [0.25, 0.3) is 10.9 Å². The Bertz CT molecular complexity index is 577. The quantitative estimate of drug-likeness (QED) is 0.739. The molecule has 0 bridgehead atoms. The average Bonchev–Trinajstić information content (AvgIpc) is 2.79. The van der Waals surface area contributed by atoms with Crippen molar-refractivity contribution in [3.63, 3.8) is 0 Å². The van der Waals surface area contributed by atoms with Crippen molar-refractivity contribution in [3.8, 4) is 0 Å². The van der Waals surface area contributed by atoms with Gasteiger partial charge in [-0.1, -0.05) is 38.4 Å². The molecule has 3 nitrogen and oxygen atoms in total. The van der Waals surface area contributed by atoms with Gasteiger partial charge in [0.05, 0.1) is 6.61 Å². The Kier molecular flexibility index (Phi) is 6.09. The molecule has 1 aromatic carbocycles. The number of ether oxygens (including phenoxy) is 1. The van der Waals surface area contributed by atoms with Crippen LogP contribution in [0.4, 0.5) is 0 Å². The summed E-state index contributed by atoms with van der Waals surface area (Å²) in [6, 6.07) is 6.58. The fraction of sp³-hybridized carbons (Fsp3) is 0.529. The third-order valence-electron chi connectivity index (χ3n) is 3.45. The highest BCUT2D eigenvalue weighted by molar-refractivity contribution is 6.31. The summed E-state index contributed by atoms with van der Waals surface area (Å²) in [6.45, 7) is 9.74. The zero-order valence-corrected chi connectivity index (χ0v) is 13.9. The summed E-state index contributed by atoms with van der Waals surface area (Å²) in [4.78, 5) is 0. The molecule has 0 spiro atoms. The Hall–Kier alpha value is -1.03. The fourth-order valence-corrected chi connectivity index (χ4v) is 2.56. The summed E-state index contributed by atoms with van der Waals surface area (Å²) in [7, 11) is 0. The van der Waals surface area contributed by atoms with Crippen LogP contribution in [0.5, 0.6) is 0 Å². The van der Waals surface area contributed by atoms with E-state index in [0.717, 1.165) is 37.7 Å². The summed E-state index contributed by atoms with van der Waals surface area (Å²) in [5, 5.41) is 5.52. The van der Waals surface area contributed by atoms with Crippen LogP contribution >= 0.6 is 11.6 Å². The first-order valence-electron chi connectivity index (χ1n) is 7.70. The molecular formula is C17H25ClN2O. The highest BCUT2D eigenvalue weighted by Gasteiger charge is 2.09. The Balaban J connectivity index is 2.20. The van der Waals surface area contributed by atoms with Gasteiger partial charge in [0.15, 0.2) is 0 Å². The first-order chi connectivity index (χ1) is 10.1. The molecule has 0 radical (unpaired) electrons. The minimum Gasteiger partial charge on any atom is -0.380 e. The van der Waals surface area contributed by atoms with Crippen molar-refractivity contribution in [3.05, 3.63) is 35.0 Å². The van der Waals surface area contributed by atoms with Crippen molar-refractivity contribution in [2.45, 2.75) is 46.3 Å². The van der Waals surface area contributed by atoms with Crippen LogP contribution in [0.3, 0.4) is 0 Å². The molecule has 0 aliphatic rings. The maximum atomic E-state index is 6.15. The van der Waals surface area contributed by atoms with Gasteiger partial charge >= 0.3 is 0 Å². The van der Waals surface area contributed by atoms with Crippen LogP contribution in [0, 0.1) is 0 Å².